The monoisotopic (exact) mass is 262 g/mol. The average Bonchev–Trinajstić information content (AvgIpc) is 2.02. The zero-order chi connectivity index (χ0) is 9.30. The quantitative estimate of drug-likeness (QED) is 0.621. The number of pyridine rings is 1. The van der Waals surface area contributed by atoms with Crippen molar-refractivity contribution in [2.45, 2.75) is 4.90 Å². The van der Waals surface area contributed by atoms with Gasteiger partial charge in [0, 0.05) is 0 Å². The van der Waals surface area contributed by atoms with Crippen molar-refractivity contribution in [1.82, 2.24) is 4.98 Å². The lowest BCUT2D eigenvalue weighted by Crippen LogP contribution is -1.88. The Morgan fingerprint density at radius 2 is 1.42 bits per heavy atom. The molecule has 0 saturated heterocycles. The smallest absolute Gasteiger partial charge is 0.150 e. The fraction of sp³-hybridized carbons (Fsp3) is 0. The molecule has 1 rings (SSSR count). The lowest BCUT2D eigenvalue weighted by atomic mass is 10.5. The van der Waals surface area contributed by atoms with Crippen LogP contribution in [-0.4, -0.2) is 4.98 Å². The number of hydrogen-bond acceptors (Lipinski definition) is 3. The third-order valence-electron chi connectivity index (χ3n) is 1.08. The first-order valence-corrected chi connectivity index (χ1v) is 5.03. The van der Waals surface area contributed by atoms with Crippen LogP contribution in [0.5, 0.6) is 0 Å². The van der Waals surface area contributed by atoms with Gasteiger partial charge in [0.1, 0.15) is 0 Å². The average molecular weight is 264 g/mol. The predicted molar refractivity (Wildman–Crippen MR) is 54.3 cm³/mol. The molecule has 12 heavy (non-hydrogen) atoms. The zero-order valence-corrected chi connectivity index (χ0v) is 9.28. The van der Waals surface area contributed by atoms with Crippen molar-refractivity contribution in [1.29, 1.82) is 0 Å². The van der Waals surface area contributed by atoms with E-state index in [1.165, 1.54) is 0 Å². The van der Waals surface area contributed by atoms with Crippen LogP contribution in [-0.2, 0) is 0 Å². The second-order valence-electron chi connectivity index (χ2n) is 1.77. The van der Waals surface area contributed by atoms with E-state index < -0.39 is 0 Å². The van der Waals surface area contributed by atoms with Crippen LogP contribution in [0, 0.1) is 0 Å². The summed E-state index contributed by atoms with van der Waals surface area (Å²) in [5.74, 6) is 0. The van der Waals surface area contributed by atoms with E-state index >= 15 is 0 Å². The largest absolute Gasteiger partial charge is 0.273 e. The summed E-state index contributed by atoms with van der Waals surface area (Å²) in [6.07, 6.45) is 0. The molecule has 1 heterocycles. The highest BCUT2D eigenvalue weighted by Crippen LogP contribution is 2.38. The van der Waals surface area contributed by atoms with E-state index in [-0.39, 0.29) is 20.4 Å². The number of nitrogens with zero attached hydrogens (tertiary/aromatic N) is 1. The Balaban J connectivity index is 3.42. The molecule has 0 aliphatic heterocycles. The van der Waals surface area contributed by atoms with Crippen molar-refractivity contribution in [3.63, 3.8) is 0 Å². The fourth-order valence-corrected chi connectivity index (χ4v) is 2.07. The molecule has 0 aliphatic carbocycles. The summed E-state index contributed by atoms with van der Waals surface area (Å²) >= 11 is 23.6. The molecule has 0 aromatic carbocycles. The van der Waals surface area contributed by atoms with Gasteiger partial charge in [-0.05, 0) is 11.9 Å². The minimum Gasteiger partial charge on any atom is -0.273 e. The molecule has 0 unspecified atom stereocenters. The molecule has 0 saturated carbocycles. The number of halogens is 4. The Bertz CT molecular complexity index is 291. The van der Waals surface area contributed by atoms with Gasteiger partial charge in [-0.2, -0.15) is 0 Å². The van der Waals surface area contributed by atoms with Crippen molar-refractivity contribution in [2.24, 2.45) is 5.14 Å². The fourth-order valence-electron chi connectivity index (χ4n) is 0.572. The minimum atomic E-state index is 0.0963. The Morgan fingerprint density at radius 1 is 1.00 bits per heavy atom. The lowest BCUT2D eigenvalue weighted by molar-refractivity contribution is 1.26. The molecule has 0 radical (unpaired) electrons. The van der Waals surface area contributed by atoms with Crippen LogP contribution < -0.4 is 5.14 Å². The molecule has 2 N–H and O–H groups in total. The van der Waals surface area contributed by atoms with Crippen molar-refractivity contribution < 1.29 is 0 Å². The number of rotatable bonds is 1. The van der Waals surface area contributed by atoms with Gasteiger partial charge in [0.25, 0.3) is 0 Å². The van der Waals surface area contributed by atoms with E-state index in [1.54, 1.807) is 0 Å². The number of nitrogens with two attached hydrogens (primary N) is 1. The molecule has 1 aromatic rings. The topological polar surface area (TPSA) is 38.9 Å². The predicted octanol–water partition coefficient (Wildman–Crippen LogP) is 3.66. The standard InChI is InChI=1S/C5H2Cl4N2S/c6-1-3(12-10)2(7)5(9)11-4(1)8/h10H2. The molecule has 1 aromatic heterocycles. The van der Waals surface area contributed by atoms with Gasteiger partial charge in [-0.15, -0.1) is 0 Å². The van der Waals surface area contributed by atoms with Crippen LogP contribution in [0.3, 0.4) is 0 Å². The molecule has 0 bridgehead atoms. The zero-order valence-electron chi connectivity index (χ0n) is 5.44. The molecule has 0 atom stereocenters. The van der Waals surface area contributed by atoms with Crippen molar-refractivity contribution >= 4 is 58.4 Å². The maximum atomic E-state index is 5.73. The van der Waals surface area contributed by atoms with Crippen LogP contribution in [0.15, 0.2) is 4.90 Å². The summed E-state index contributed by atoms with van der Waals surface area (Å²) in [6, 6.07) is 0. The molecule has 0 fully saturated rings. The minimum absolute atomic E-state index is 0.0963. The molecular formula is C5H2Cl4N2S. The summed E-state index contributed by atoms with van der Waals surface area (Å²) in [4.78, 5) is 4.11. The van der Waals surface area contributed by atoms with E-state index in [4.69, 9.17) is 51.5 Å². The molecule has 0 aliphatic rings. The van der Waals surface area contributed by atoms with Gasteiger partial charge in [-0.3, -0.25) is 5.14 Å². The van der Waals surface area contributed by atoms with Crippen molar-refractivity contribution in [3.8, 4) is 0 Å². The van der Waals surface area contributed by atoms with Crippen LogP contribution in [0.2, 0.25) is 20.4 Å². The number of hydrogen-bond donors (Lipinski definition) is 1. The Morgan fingerprint density at radius 3 is 1.75 bits per heavy atom. The van der Waals surface area contributed by atoms with E-state index in [2.05, 4.69) is 4.98 Å². The van der Waals surface area contributed by atoms with Gasteiger partial charge in [0.05, 0.1) is 14.9 Å². The number of aromatic nitrogens is 1. The van der Waals surface area contributed by atoms with Crippen LogP contribution >= 0.6 is 58.4 Å². The molecule has 7 heteroatoms. The maximum Gasteiger partial charge on any atom is 0.150 e. The van der Waals surface area contributed by atoms with Gasteiger partial charge < -0.3 is 0 Å². The first-order chi connectivity index (χ1) is 5.57. The maximum absolute atomic E-state index is 5.73. The first kappa shape index (κ1) is 10.7. The summed E-state index contributed by atoms with van der Waals surface area (Å²) in [5.41, 5.74) is 0. The molecular weight excluding hydrogens is 262 g/mol. The third-order valence-corrected chi connectivity index (χ3v) is 3.42. The Hall–Kier alpha value is 0.620. The van der Waals surface area contributed by atoms with Crippen LogP contribution in [0.4, 0.5) is 0 Å². The van der Waals surface area contributed by atoms with Gasteiger partial charge in [0.15, 0.2) is 10.3 Å². The van der Waals surface area contributed by atoms with Gasteiger partial charge in [0.2, 0.25) is 0 Å². The van der Waals surface area contributed by atoms with E-state index in [1.807, 2.05) is 0 Å². The SMILES string of the molecule is NSc1c(Cl)c(Cl)nc(Cl)c1Cl. The normalized spacial score (nSPS) is 10.4. The lowest BCUT2D eigenvalue weighted by Gasteiger charge is -2.05. The summed E-state index contributed by atoms with van der Waals surface area (Å²) in [6.45, 7) is 0. The van der Waals surface area contributed by atoms with Gasteiger partial charge >= 0.3 is 0 Å². The summed E-state index contributed by atoms with van der Waals surface area (Å²) in [7, 11) is 0. The third kappa shape index (κ3) is 1.92. The van der Waals surface area contributed by atoms with E-state index in [9.17, 15) is 0 Å². The second-order valence-corrected chi connectivity index (χ2v) is 3.88. The molecule has 0 spiro atoms. The molecule has 2 nitrogen and oxygen atoms in total. The van der Waals surface area contributed by atoms with E-state index in [0.717, 1.165) is 11.9 Å². The molecule has 0 amide bonds. The summed E-state index contributed by atoms with van der Waals surface area (Å²) < 4.78 is 0. The summed E-state index contributed by atoms with van der Waals surface area (Å²) in [5, 5.41) is 5.93. The van der Waals surface area contributed by atoms with Crippen molar-refractivity contribution in [3.05, 3.63) is 20.4 Å². The highest BCUT2D eigenvalue weighted by molar-refractivity contribution is 7.97. The Labute approximate surface area is 93.5 Å². The Kier molecular flexibility index (Phi) is 3.76. The van der Waals surface area contributed by atoms with Crippen molar-refractivity contribution in [2.75, 3.05) is 0 Å². The van der Waals surface area contributed by atoms with Crippen LogP contribution in [0.25, 0.3) is 0 Å². The van der Waals surface area contributed by atoms with Gasteiger partial charge in [-0.1, -0.05) is 46.4 Å². The van der Waals surface area contributed by atoms with Crippen LogP contribution in [0.1, 0.15) is 0 Å². The highest BCUT2D eigenvalue weighted by atomic mass is 35.5. The highest BCUT2D eigenvalue weighted by Gasteiger charge is 2.14. The molecule has 66 valence electrons. The van der Waals surface area contributed by atoms with Gasteiger partial charge in [-0.25, -0.2) is 4.98 Å². The first-order valence-electron chi connectivity index (χ1n) is 2.64. The second kappa shape index (κ2) is 4.22. The van der Waals surface area contributed by atoms with E-state index in [0.29, 0.717) is 4.90 Å².